The van der Waals surface area contributed by atoms with E-state index >= 15 is 0 Å². The van der Waals surface area contributed by atoms with Gasteiger partial charge in [0.25, 0.3) is 0 Å². The molecular weight excluding hydrogens is 224 g/mol. The van der Waals surface area contributed by atoms with Gasteiger partial charge in [-0.15, -0.1) is 0 Å². The lowest BCUT2D eigenvalue weighted by molar-refractivity contribution is -0.125. The van der Waals surface area contributed by atoms with Gasteiger partial charge in [0.05, 0.1) is 5.41 Å². The first-order chi connectivity index (χ1) is 7.91. The average molecular weight is 239 g/mol. The molecule has 1 saturated carbocycles. The molecule has 0 aromatic heterocycles. The Morgan fingerprint density at radius 2 is 2.00 bits per heavy atom. The molecule has 1 aromatic rings. The van der Waals surface area contributed by atoms with E-state index in [2.05, 4.69) is 5.32 Å². The first kappa shape index (κ1) is 12.0. The van der Waals surface area contributed by atoms with Crippen LogP contribution >= 0.6 is 0 Å². The summed E-state index contributed by atoms with van der Waals surface area (Å²) in [4.78, 5) is 12.0. The minimum absolute atomic E-state index is 0.0932. The van der Waals surface area contributed by atoms with Gasteiger partial charge in [-0.05, 0) is 44.9 Å². The van der Waals surface area contributed by atoms with E-state index in [1.165, 1.54) is 0 Å². The fourth-order valence-electron chi connectivity index (χ4n) is 1.69. The first-order valence-corrected chi connectivity index (χ1v) is 5.68. The highest BCUT2D eigenvalue weighted by Gasteiger charge is 2.36. The lowest BCUT2D eigenvalue weighted by Crippen LogP contribution is -2.41. The fourth-order valence-corrected chi connectivity index (χ4v) is 1.69. The zero-order valence-corrected chi connectivity index (χ0v) is 9.89. The molecule has 2 rings (SSSR count). The van der Waals surface area contributed by atoms with Gasteiger partial charge >= 0.3 is 0 Å². The molecule has 0 bridgehead atoms. The molecule has 4 heteroatoms. The highest BCUT2D eigenvalue weighted by Crippen LogP contribution is 2.28. The predicted molar refractivity (Wildman–Crippen MR) is 60.5 cm³/mol. The number of halogens is 2. The molecule has 92 valence electrons. The Balaban J connectivity index is 2.28. The van der Waals surface area contributed by atoms with Crippen LogP contribution < -0.4 is 5.32 Å². The number of hydrogen-bond donors (Lipinski definition) is 1. The van der Waals surface area contributed by atoms with Crippen molar-refractivity contribution in [3.8, 4) is 0 Å². The van der Waals surface area contributed by atoms with Crippen molar-refractivity contribution in [1.82, 2.24) is 5.32 Å². The van der Waals surface area contributed by atoms with Crippen molar-refractivity contribution < 1.29 is 13.6 Å². The van der Waals surface area contributed by atoms with Crippen LogP contribution in [0.2, 0.25) is 0 Å². The molecule has 0 unspecified atom stereocenters. The number of hydrogen-bond acceptors (Lipinski definition) is 1. The topological polar surface area (TPSA) is 29.1 Å². The van der Waals surface area contributed by atoms with E-state index < -0.39 is 17.0 Å². The van der Waals surface area contributed by atoms with Gasteiger partial charge in [-0.3, -0.25) is 4.79 Å². The van der Waals surface area contributed by atoms with Crippen LogP contribution in [0, 0.1) is 11.6 Å². The molecule has 0 aliphatic heterocycles. The van der Waals surface area contributed by atoms with Gasteiger partial charge in [0.15, 0.2) is 0 Å². The smallest absolute Gasteiger partial charge is 0.230 e. The Morgan fingerprint density at radius 1 is 1.35 bits per heavy atom. The monoisotopic (exact) mass is 239 g/mol. The number of benzene rings is 1. The predicted octanol–water partition coefficient (Wildman–Crippen LogP) is 2.52. The van der Waals surface area contributed by atoms with Crippen LogP contribution in [-0.2, 0) is 10.2 Å². The summed E-state index contributed by atoms with van der Waals surface area (Å²) in [6.45, 7) is 3.20. The van der Waals surface area contributed by atoms with Crippen molar-refractivity contribution in [2.45, 2.75) is 38.1 Å². The van der Waals surface area contributed by atoms with Crippen molar-refractivity contribution in [3.05, 3.63) is 35.4 Å². The molecule has 1 fully saturated rings. The number of amides is 1. The summed E-state index contributed by atoms with van der Waals surface area (Å²) >= 11 is 0. The summed E-state index contributed by atoms with van der Waals surface area (Å²) in [5.41, 5.74) is -0.968. The Labute approximate surface area is 99.0 Å². The molecule has 1 N–H and O–H groups in total. The molecule has 0 saturated heterocycles. The highest BCUT2D eigenvalue weighted by molar-refractivity contribution is 5.87. The van der Waals surface area contributed by atoms with E-state index in [0.29, 0.717) is 0 Å². The average Bonchev–Trinajstić information content (AvgIpc) is 3.05. The van der Waals surface area contributed by atoms with E-state index in [1.54, 1.807) is 13.8 Å². The van der Waals surface area contributed by atoms with Gasteiger partial charge in [0.1, 0.15) is 11.6 Å². The minimum Gasteiger partial charge on any atom is -0.353 e. The number of nitrogens with one attached hydrogen (secondary N) is 1. The molecule has 2 nitrogen and oxygen atoms in total. The summed E-state index contributed by atoms with van der Waals surface area (Å²) < 4.78 is 26.7. The normalized spacial score (nSPS) is 15.8. The van der Waals surface area contributed by atoms with Crippen molar-refractivity contribution in [2.24, 2.45) is 0 Å². The second-order valence-corrected chi connectivity index (χ2v) is 5.00. The van der Waals surface area contributed by atoms with Crippen LogP contribution in [0.4, 0.5) is 8.78 Å². The maximum Gasteiger partial charge on any atom is 0.230 e. The Kier molecular flexibility index (Phi) is 2.89. The van der Waals surface area contributed by atoms with Crippen LogP contribution in [0.1, 0.15) is 32.3 Å². The van der Waals surface area contributed by atoms with E-state index in [1.807, 2.05) is 0 Å². The van der Waals surface area contributed by atoms with Gasteiger partial charge in [-0.2, -0.15) is 0 Å². The van der Waals surface area contributed by atoms with Crippen molar-refractivity contribution in [3.63, 3.8) is 0 Å². The largest absolute Gasteiger partial charge is 0.353 e. The molecule has 17 heavy (non-hydrogen) atoms. The van der Waals surface area contributed by atoms with Crippen molar-refractivity contribution in [2.75, 3.05) is 0 Å². The number of carbonyl (C=O) groups is 1. The second-order valence-electron chi connectivity index (χ2n) is 5.00. The molecular formula is C13H15F2NO. The lowest BCUT2D eigenvalue weighted by atomic mass is 9.83. The fraction of sp³-hybridized carbons (Fsp3) is 0.462. The number of rotatable bonds is 3. The summed E-state index contributed by atoms with van der Waals surface area (Å²) in [6.07, 6.45) is 1.93. The highest BCUT2D eigenvalue weighted by atomic mass is 19.1. The first-order valence-electron chi connectivity index (χ1n) is 5.68. The van der Waals surface area contributed by atoms with Gasteiger partial charge in [0, 0.05) is 11.6 Å². The van der Waals surface area contributed by atoms with Gasteiger partial charge in [-0.1, -0.05) is 0 Å². The van der Waals surface area contributed by atoms with Crippen molar-refractivity contribution in [1.29, 1.82) is 0 Å². The summed E-state index contributed by atoms with van der Waals surface area (Å²) in [6, 6.07) is 3.39. The molecule has 0 heterocycles. The molecule has 0 atom stereocenters. The van der Waals surface area contributed by atoms with Crippen LogP contribution in [0.25, 0.3) is 0 Å². The third kappa shape index (κ3) is 2.46. The van der Waals surface area contributed by atoms with Crippen molar-refractivity contribution >= 4 is 5.91 Å². The van der Waals surface area contributed by atoms with E-state index in [4.69, 9.17) is 0 Å². The lowest BCUT2D eigenvalue weighted by Gasteiger charge is -2.24. The van der Waals surface area contributed by atoms with Gasteiger partial charge in [-0.25, -0.2) is 8.78 Å². The molecule has 0 radical (unpaired) electrons. The third-order valence-electron chi connectivity index (χ3n) is 3.08. The van der Waals surface area contributed by atoms with Crippen LogP contribution in [-0.4, -0.2) is 11.9 Å². The van der Waals surface area contributed by atoms with E-state index in [9.17, 15) is 13.6 Å². The van der Waals surface area contributed by atoms with Crippen LogP contribution in [0.5, 0.6) is 0 Å². The SMILES string of the molecule is CC(C)(C(=O)NC1CC1)c1cc(F)ccc1F. The molecule has 1 aromatic carbocycles. The second kappa shape index (κ2) is 4.09. The van der Waals surface area contributed by atoms with Crippen LogP contribution in [0.3, 0.4) is 0 Å². The molecule has 1 aliphatic rings. The summed E-state index contributed by atoms with van der Waals surface area (Å²) in [7, 11) is 0. The van der Waals surface area contributed by atoms with Crippen LogP contribution in [0.15, 0.2) is 18.2 Å². The quantitative estimate of drug-likeness (QED) is 0.862. The summed E-state index contributed by atoms with van der Waals surface area (Å²) in [5, 5.41) is 2.81. The summed E-state index contributed by atoms with van der Waals surface area (Å²) in [5.74, 6) is -1.35. The standard InChI is InChI=1S/C13H15F2NO/c1-13(2,12(17)16-9-4-5-9)10-7-8(14)3-6-11(10)15/h3,6-7,9H,4-5H2,1-2H3,(H,16,17). The Bertz CT molecular complexity index is 453. The van der Waals surface area contributed by atoms with Gasteiger partial charge in [0.2, 0.25) is 5.91 Å². The Hall–Kier alpha value is -1.45. The maximum atomic E-state index is 13.6. The Morgan fingerprint density at radius 3 is 2.59 bits per heavy atom. The van der Waals surface area contributed by atoms with Gasteiger partial charge < -0.3 is 5.32 Å². The van der Waals surface area contributed by atoms with E-state index in [-0.39, 0.29) is 17.5 Å². The van der Waals surface area contributed by atoms with E-state index in [0.717, 1.165) is 31.0 Å². The number of carbonyl (C=O) groups excluding carboxylic acids is 1. The molecule has 1 amide bonds. The molecule has 1 aliphatic carbocycles. The maximum absolute atomic E-state index is 13.6. The zero-order valence-electron chi connectivity index (χ0n) is 9.89. The molecule has 0 spiro atoms. The third-order valence-corrected chi connectivity index (χ3v) is 3.08. The zero-order chi connectivity index (χ0) is 12.6. The minimum atomic E-state index is -1.06.